The summed E-state index contributed by atoms with van der Waals surface area (Å²) < 4.78 is 40.8. The highest BCUT2D eigenvalue weighted by molar-refractivity contribution is 7.89. The average molecular weight is 428 g/mol. The van der Waals surface area contributed by atoms with Gasteiger partial charge < -0.3 is 11.1 Å². The van der Waals surface area contributed by atoms with Crippen LogP contribution in [0.25, 0.3) is 0 Å². The summed E-state index contributed by atoms with van der Waals surface area (Å²) in [5.74, 6) is -2.45. The molecule has 0 spiro atoms. The lowest BCUT2D eigenvalue weighted by Crippen LogP contribution is -2.31. The van der Waals surface area contributed by atoms with E-state index in [9.17, 15) is 22.4 Å². The van der Waals surface area contributed by atoms with Gasteiger partial charge in [0.2, 0.25) is 10.0 Å². The molecule has 0 bridgehead atoms. The first-order valence-electron chi connectivity index (χ1n) is 8.55. The molecule has 1 aromatic heterocycles. The molecule has 0 atom stereocenters. The minimum Gasteiger partial charge on any atom is -0.365 e. The van der Waals surface area contributed by atoms with Crippen LogP contribution in [0.4, 0.5) is 9.39 Å². The largest absolute Gasteiger partial charge is 0.365 e. The Balaban J connectivity index is 2.45. The molecule has 1 heterocycles. The molecule has 152 valence electrons. The van der Waals surface area contributed by atoms with Crippen LogP contribution in [0.2, 0.25) is 0 Å². The van der Waals surface area contributed by atoms with E-state index in [-0.39, 0.29) is 28.5 Å². The minimum atomic E-state index is -3.86. The van der Waals surface area contributed by atoms with Crippen molar-refractivity contribution >= 4 is 38.2 Å². The van der Waals surface area contributed by atoms with Crippen LogP contribution >= 0.6 is 11.3 Å². The number of sulfonamides is 1. The van der Waals surface area contributed by atoms with Gasteiger partial charge in [-0.1, -0.05) is 13.8 Å². The van der Waals surface area contributed by atoms with E-state index in [2.05, 4.69) is 5.32 Å². The second kappa shape index (κ2) is 8.38. The lowest BCUT2D eigenvalue weighted by molar-refractivity contribution is 0.100. The van der Waals surface area contributed by atoms with Gasteiger partial charge in [-0.3, -0.25) is 9.59 Å². The lowest BCUT2D eigenvalue weighted by atomic mass is 10.1. The zero-order valence-corrected chi connectivity index (χ0v) is 17.6. The predicted octanol–water partition coefficient (Wildman–Crippen LogP) is 2.89. The molecule has 0 saturated carbocycles. The highest BCUT2D eigenvalue weighted by Gasteiger charge is 2.25. The lowest BCUT2D eigenvalue weighted by Gasteiger charge is -2.19. The van der Waals surface area contributed by atoms with Crippen molar-refractivity contribution in [3.8, 4) is 0 Å². The zero-order chi connectivity index (χ0) is 21.2. The fraction of sp³-hybridized carbons (Fsp3) is 0.333. The summed E-state index contributed by atoms with van der Waals surface area (Å²) in [6, 6.07) is 3.05. The van der Waals surface area contributed by atoms with Gasteiger partial charge >= 0.3 is 0 Å². The molecule has 7 nitrogen and oxygen atoms in total. The van der Waals surface area contributed by atoms with Crippen LogP contribution in [0.5, 0.6) is 0 Å². The number of halogens is 1. The first-order valence-corrected chi connectivity index (χ1v) is 10.8. The molecule has 2 rings (SSSR count). The van der Waals surface area contributed by atoms with Gasteiger partial charge in [0.25, 0.3) is 11.8 Å². The van der Waals surface area contributed by atoms with E-state index < -0.39 is 33.2 Å². The van der Waals surface area contributed by atoms with Crippen molar-refractivity contribution in [3.63, 3.8) is 0 Å². The van der Waals surface area contributed by atoms with E-state index in [0.717, 1.165) is 34.4 Å². The highest BCUT2D eigenvalue weighted by atomic mass is 32.2. The van der Waals surface area contributed by atoms with Crippen molar-refractivity contribution in [1.82, 2.24) is 4.31 Å². The van der Waals surface area contributed by atoms with Crippen LogP contribution in [0, 0.1) is 19.7 Å². The molecule has 0 radical (unpaired) electrons. The number of aryl methyl sites for hydroxylation is 1. The van der Waals surface area contributed by atoms with Gasteiger partial charge in [0, 0.05) is 18.0 Å². The number of nitrogens with zero attached hydrogens (tertiary/aromatic N) is 1. The van der Waals surface area contributed by atoms with E-state index in [4.69, 9.17) is 5.73 Å². The Morgan fingerprint density at radius 2 is 1.82 bits per heavy atom. The zero-order valence-electron chi connectivity index (χ0n) is 16.0. The van der Waals surface area contributed by atoms with Gasteiger partial charge in [-0.05, 0) is 37.6 Å². The number of nitrogens with one attached hydrogen (secondary N) is 1. The molecule has 0 aliphatic heterocycles. The van der Waals surface area contributed by atoms with Crippen LogP contribution in [-0.4, -0.2) is 37.6 Å². The Hall–Kier alpha value is -2.30. The third-order valence-electron chi connectivity index (χ3n) is 4.38. The summed E-state index contributed by atoms with van der Waals surface area (Å²) in [5, 5.41) is 2.67. The number of primary amides is 1. The summed E-state index contributed by atoms with van der Waals surface area (Å²) >= 11 is 1.14. The molecular formula is C18H22FN3O4S2. The van der Waals surface area contributed by atoms with Crippen LogP contribution in [0.15, 0.2) is 23.1 Å². The Labute approximate surface area is 167 Å². The molecule has 2 amide bonds. The second-order valence-electron chi connectivity index (χ2n) is 6.04. The molecule has 3 N–H and O–H groups in total. The number of benzene rings is 1. The normalized spacial score (nSPS) is 11.6. The van der Waals surface area contributed by atoms with Crippen LogP contribution < -0.4 is 11.1 Å². The van der Waals surface area contributed by atoms with Crippen LogP contribution in [0.1, 0.15) is 45.0 Å². The molecule has 0 aliphatic carbocycles. The summed E-state index contributed by atoms with van der Waals surface area (Å²) in [6.45, 7) is 7.32. The molecule has 28 heavy (non-hydrogen) atoms. The van der Waals surface area contributed by atoms with Gasteiger partial charge in [-0.2, -0.15) is 4.31 Å². The minimum absolute atomic E-state index is 0.156. The second-order valence-corrected chi connectivity index (χ2v) is 9.20. The molecule has 1 aromatic carbocycles. The maximum atomic E-state index is 14.3. The van der Waals surface area contributed by atoms with Gasteiger partial charge in [0.1, 0.15) is 10.8 Å². The highest BCUT2D eigenvalue weighted by Crippen LogP contribution is 2.32. The Kier molecular flexibility index (Phi) is 6.58. The van der Waals surface area contributed by atoms with Crippen LogP contribution in [-0.2, 0) is 10.0 Å². The number of carbonyl (C=O) groups excluding carboxylic acids is 2. The fourth-order valence-electron chi connectivity index (χ4n) is 2.73. The number of anilines is 1. The monoisotopic (exact) mass is 427 g/mol. The first kappa shape index (κ1) is 22.0. The summed E-state index contributed by atoms with van der Waals surface area (Å²) in [7, 11) is -3.86. The SMILES string of the molecule is CCN(CC)S(=O)(=O)c1ccc(F)c(C(=O)Nc2sc(C)c(C)c2C(N)=O)c1. The Bertz CT molecular complexity index is 1030. The maximum absolute atomic E-state index is 14.3. The molecule has 0 saturated heterocycles. The van der Waals surface area contributed by atoms with Crippen molar-refractivity contribution in [2.24, 2.45) is 5.73 Å². The predicted molar refractivity (Wildman–Crippen MR) is 107 cm³/mol. The Morgan fingerprint density at radius 1 is 1.21 bits per heavy atom. The van der Waals surface area contributed by atoms with Crippen molar-refractivity contribution in [1.29, 1.82) is 0 Å². The molecule has 2 aromatic rings. The molecule has 0 fully saturated rings. The fourth-order valence-corrected chi connectivity index (χ4v) is 5.28. The number of carbonyl (C=O) groups is 2. The number of amides is 2. The van der Waals surface area contributed by atoms with Gasteiger partial charge in [0.15, 0.2) is 0 Å². The quantitative estimate of drug-likeness (QED) is 0.708. The van der Waals surface area contributed by atoms with Crippen molar-refractivity contribution in [2.45, 2.75) is 32.6 Å². The average Bonchev–Trinajstić information content (AvgIpc) is 2.89. The van der Waals surface area contributed by atoms with E-state index in [1.807, 2.05) is 0 Å². The third-order valence-corrected chi connectivity index (χ3v) is 7.55. The number of thiophene rings is 1. The molecule has 0 unspecified atom stereocenters. The van der Waals surface area contributed by atoms with E-state index >= 15 is 0 Å². The number of hydrogen-bond acceptors (Lipinski definition) is 5. The van der Waals surface area contributed by atoms with E-state index in [1.54, 1.807) is 27.7 Å². The van der Waals surface area contributed by atoms with E-state index in [1.165, 1.54) is 4.31 Å². The molecule has 0 aliphatic rings. The smallest absolute Gasteiger partial charge is 0.259 e. The van der Waals surface area contributed by atoms with Crippen molar-refractivity contribution < 1.29 is 22.4 Å². The van der Waals surface area contributed by atoms with Gasteiger partial charge in [-0.15, -0.1) is 11.3 Å². The summed E-state index contributed by atoms with van der Waals surface area (Å²) in [4.78, 5) is 24.9. The molecular weight excluding hydrogens is 405 g/mol. The maximum Gasteiger partial charge on any atom is 0.259 e. The van der Waals surface area contributed by atoms with Crippen LogP contribution in [0.3, 0.4) is 0 Å². The topological polar surface area (TPSA) is 110 Å². The van der Waals surface area contributed by atoms with E-state index in [0.29, 0.717) is 5.56 Å². The number of rotatable bonds is 7. The third kappa shape index (κ3) is 4.08. The first-order chi connectivity index (χ1) is 13.0. The standard InChI is InChI=1S/C18H22FN3O4S2/c1-5-22(6-2)28(25,26)12-7-8-14(19)13(9-12)17(24)21-18-15(16(20)23)10(3)11(4)27-18/h7-9H,5-6H2,1-4H3,(H2,20,23)(H,21,24). The number of nitrogens with two attached hydrogens (primary N) is 1. The Morgan fingerprint density at radius 3 is 2.36 bits per heavy atom. The number of hydrogen-bond donors (Lipinski definition) is 2. The van der Waals surface area contributed by atoms with Gasteiger partial charge in [-0.25, -0.2) is 12.8 Å². The van der Waals surface area contributed by atoms with Crippen molar-refractivity contribution in [2.75, 3.05) is 18.4 Å². The molecule has 10 heteroatoms. The van der Waals surface area contributed by atoms with Crippen molar-refractivity contribution in [3.05, 3.63) is 45.6 Å². The van der Waals surface area contributed by atoms with Gasteiger partial charge in [0.05, 0.1) is 16.0 Å². The summed E-state index contributed by atoms with van der Waals surface area (Å²) in [5.41, 5.74) is 5.72. The summed E-state index contributed by atoms with van der Waals surface area (Å²) in [6.07, 6.45) is 0.